The highest BCUT2D eigenvalue weighted by Crippen LogP contribution is 2.42. The fourth-order valence-corrected chi connectivity index (χ4v) is 3.93. The number of halogens is 2. The summed E-state index contributed by atoms with van der Waals surface area (Å²) in [4.78, 5) is 6.35. The van der Waals surface area contributed by atoms with Crippen LogP contribution in [-0.4, -0.2) is 35.7 Å². The van der Waals surface area contributed by atoms with Crippen LogP contribution in [-0.2, 0) is 17.7 Å². The third-order valence-corrected chi connectivity index (χ3v) is 5.00. The zero-order chi connectivity index (χ0) is 16.6. The molecule has 1 spiro atoms. The summed E-state index contributed by atoms with van der Waals surface area (Å²) >= 11 is 0. The first-order chi connectivity index (χ1) is 11.6. The lowest BCUT2D eigenvalue weighted by atomic mass is 9.77. The molecule has 2 aliphatic heterocycles. The number of benzene rings is 1. The van der Waals surface area contributed by atoms with E-state index in [0.717, 1.165) is 38.6 Å². The molecule has 1 atom stereocenters. The Morgan fingerprint density at radius 3 is 2.88 bits per heavy atom. The predicted octanol–water partition coefficient (Wildman–Crippen LogP) is 3.19. The summed E-state index contributed by atoms with van der Waals surface area (Å²) in [5.41, 5.74) is 1.95. The maximum atomic E-state index is 13.7. The Hall–Kier alpha value is -1.85. The van der Waals surface area contributed by atoms with E-state index in [-0.39, 0.29) is 11.5 Å². The number of likely N-dealkylation sites (tertiary alicyclic amines) is 1. The molecule has 0 saturated carbocycles. The summed E-state index contributed by atoms with van der Waals surface area (Å²) in [6.07, 6.45) is 5.82. The van der Waals surface area contributed by atoms with Crippen molar-refractivity contribution >= 4 is 0 Å². The van der Waals surface area contributed by atoms with Crippen molar-refractivity contribution in [3.8, 4) is 0 Å². The minimum absolute atomic E-state index is 0.198. The number of pyridine rings is 1. The number of hydrogen-bond acceptors (Lipinski definition) is 3. The van der Waals surface area contributed by atoms with Gasteiger partial charge in [0.15, 0.2) is 0 Å². The highest BCUT2D eigenvalue weighted by molar-refractivity contribution is 5.19. The second-order valence-corrected chi connectivity index (χ2v) is 7.08. The molecule has 0 aliphatic carbocycles. The first-order valence-corrected chi connectivity index (χ1v) is 8.29. The molecular weight excluding hydrogens is 310 g/mol. The number of rotatable bonds is 4. The monoisotopic (exact) mass is 330 g/mol. The van der Waals surface area contributed by atoms with E-state index < -0.39 is 11.6 Å². The van der Waals surface area contributed by atoms with Gasteiger partial charge in [0.1, 0.15) is 11.6 Å². The minimum Gasteiger partial charge on any atom is -0.377 e. The van der Waals surface area contributed by atoms with E-state index in [1.807, 2.05) is 12.3 Å². The normalized spacial score (nSPS) is 22.7. The van der Waals surface area contributed by atoms with E-state index in [4.69, 9.17) is 4.74 Å². The number of hydrogen-bond donors (Lipinski definition) is 0. The lowest BCUT2D eigenvalue weighted by Gasteiger charge is -2.47. The van der Waals surface area contributed by atoms with Crippen LogP contribution in [0.25, 0.3) is 0 Å². The molecule has 5 heteroatoms. The Bertz CT molecular complexity index is 717. The van der Waals surface area contributed by atoms with Crippen LogP contribution in [0.2, 0.25) is 0 Å². The zero-order valence-corrected chi connectivity index (χ0v) is 13.4. The second kappa shape index (κ2) is 6.22. The molecule has 4 rings (SSSR count). The lowest BCUT2D eigenvalue weighted by Crippen LogP contribution is -2.56. The average Bonchev–Trinajstić information content (AvgIpc) is 2.94. The highest BCUT2D eigenvalue weighted by Gasteiger charge is 2.48. The predicted molar refractivity (Wildman–Crippen MR) is 86.4 cm³/mol. The van der Waals surface area contributed by atoms with Crippen LogP contribution in [0.15, 0.2) is 42.7 Å². The fourth-order valence-electron chi connectivity index (χ4n) is 3.93. The smallest absolute Gasteiger partial charge is 0.130 e. The van der Waals surface area contributed by atoms with Crippen molar-refractivity contribution in [1.82, 2.24) is 9.88 Å². The van der Waals surface area contributed by atoms with E-state index in [0.29, 0.717) is 12.1 Å². The maximum Gasteiger partial charge on any atom is 0.130 e. The summed E-state index contributed by atoms with van der Waals surface area (Å²) in [6.45, 7) is 3.11. The molecule has 3 heterocycles. The fraction of sp³-hybridized carbons (Fsp3) is 0.421. The summed E-state index contributed by atoms with van der Waals surface area (Å²) in [6, 6.07) is 7.82. The van der Waals surface area contributed by atoms with Gasteiger partial charge < -0.3 is 4.74 Å². The molecule has 2 aromatic rings. The number of nitrogens with zero attached hydrogens (tertiary/aromatic N) is 2. The van der Waals surface area contributed by atoms with E-state index in [9.17, 15) is 8.78 Å². The molecule has 0 amide bonds. The van der Waals surface area contributed by atoms with Crippen LogP contribution in [0, 0.1) is 17.0 Å². The quantitative estimate of drug-likeness (QED) is 0.861. The Balaban J connectivity index is 1.31. The van der Waals surface area contributed by atoms with E-state index in [1.54, 1.807) is 6.20 Å². The van der Waals surface area contributed by atoms with Gasteiger partial charge in [-0.15, -0.1) is 0 Å². The van der Waals surface area contributed by atoms with Crippen LogP contribution in [0.4, 0.5) is 8.78 Å². The van der Waals surface area contributed by atoms with Crippen molar-refractivity contribution in [2.75, 3.05) is 19.7 Å². The van der Waals surface area contributed by atoms with Gasteiger partial charge in [0.05, 0.1) is 12.7 Å². The molecule has 2 fully saturated rings. The van der Waals surface area contributed by atoms with Crippen LogP contribution in [0.3, 0.4) is 0 Å². The van der Waals surface area contributed by atoms with Crippen LogP contribution >= 0.6 is 0 Å². The highest BCUT2D eigenvalue weighted by atomic mass is 19.1. The summed E-state index contributed by atoms with van der Waals surface area (Å²) < 4.78 is 32.7. The SMILES string of the molecule is Fc1ccc(CN2CC3(CO[C@@H](Cc4cccnc4)C3)C2)c(F)c1. The Morgan fingerprint density at radius 1 is 1.25 bits per heavy atom. The van der Waals surface area contributed by atoms with Crippen molar-refractivity contribution in [3.05, 3.63) is 65.5 Å². The van der Waals surface area contributed by atoms with Crippen LogP contribution in [0.1, 0.15) is 17.5 Å². The largest absolute Gasteiger partial charge is 0.377 e. The standard InChI is InChI=1S/C19H20F2N2O/c20-16-4-3-15(18(21)7-16)10-23-11-19(12-23)8-17(24-13-19)6-14-2-1-5-22-9-14/h1-5,7,9,17H,6,8,10-13H2/t17-/m0/s1. The number of aromatic nitrogens is 1. The van der Waals surface area contributed by atoms with Crippen molar-refractivity contribution in [2.24, 2.45) is 5.41 Å². The first kappa shape index (κ1) is 15.7. The van der Waals surface area contributed by atoms with Crippen molar-refractivity contribution in [1.29, 1.82) is 0 Å². The molecule has 2 aliphatic rings. The Labute approximate surface area is 140 Å². The molecule has 1 aromatic heterocycles. The number of ether oxygens (including phenoxy) is 1. The Morgan fingerprint density at radius 2 is 2.12 bits per heavy atom. The molecular formula is C19H20F2N2O. The zero-order valence-electron chi connectivity index (χ0n) is 13.4. The van der Waals surface area contributed by atoms with Gasteiger partial charge in [0.2, 0.25) is 0 Å². The van der Waals surface area contributed by atoms with Gasteiger partial charge in [-0.25, -0.2) is 8.78 Å². The van der Waals surface area contributed by atoms with Gasteiger partial charge in [0.25, 0.3) is 0 Å². The van der Waals surface area contributed by atoms with Gasteiger partial charge in [0, 0.05) is 55.5 Å². The lowest BCUT2D eigenvalue weighted by molar-refractivity contribution is -0.0146. The van der Waals surface area contributed by atoms with E-state index in [1.165, 1.54) is 17.7 Å². The maximum absolute atomic E-state index is 13.7. The third-order valence-electron chi connectivity index (χ3n) is 5.00. The molecule has 2 saturated heterocycles. The van der Waals surface area contributed by atoms with Crippen molar-refractivity contribution in [3.63, 3.8) is 0 Å². The first-order valence-electron chi connectivity index (χ1n) is 8.29. The van der Waals surface area contributed by atoms with Crippen molar-refractivity contribution < 1.29 is 13.5 Å². The molecule has 1 aromatic carbocycles. The van der Waals surface area contributed by atoms with Gasteiger partial charge in [-0.2, -0.15) is 0 Å². The third kappa shape index (κ3) is 3.19. The van der Waals surface area contributed by atoms with Gasteiger partial charge >= 0.3 is 0 Å². The molecule has 0 bridgehead atoms. The topological polar surface area (TPSA) is 25.4 Å². The molecule has 0 unspecified atom stereocenters. The van der Waals surface area contributed by atoms with Gasteiger partial charge in [-0.3, -0.25) is 9.88 Å². The molecule has 0 N–H and O–H groups in total. The van der Waals surface area contributed by atoms with E-state index >= 15 is 0 Å². The van der Waals surface area contributed by atoms with E-state index in [2.05, 4.69) is 16.0 Å². The molecule has 0 radical (unpaired) electrons. The average molecular weight is 330 g/mol. The van der Waals surface area contributed by atoms with Crippen LogP contribution in [0.5, 0.6) is 0 Å². The van der Waals surface area contributed by atoms with Gasteiger partial charge in [-0.05, 0) is 24.1 Å². The summed E-state index contributed by atoms with van der Waals surface area (Å²) in [5.74, 6) is -0.994. The summed E-state index contributed by atoms with van der Waals surface area (Å²) in [5, 5.41) is 0. The molecule has 3 nitrogen and oxygen atoms in total. The molecule has 126 valence electrons. The van der Waals surface area contributed by atoms with Crippen molar-refractivity contribution in [2.45, 2.75) is 25.5 Å². The van der Waals surface area contributed by atoms with Crippen LogP contribution < -0.4 is 0 Å². The second-order valence-electron chi connectivity index (χ2n) is 7.08. The van der Waals surface area contributed by atoms with Gasteiger partial charge in [-0.1, -0.05) is 12.1 Å². The molecule has 24 heavy (non-hydrogen) atoms. The Kier molecular flexibility index (Phi) is 4.06. The summed E-state index contributed by atoms with van der Waals surface area (Å²) in [7, 11) is 0. The minimum atomic E-state index is -0.529.